The second kappa shape index (κ2) is 6.76. The first-order valence-electron chi connectivity index (χ1n) is 7.98. The molecule has 0 unspecified atom stereocenters. The maximum absolute atomic E-state index is 12.3. The van der Waals surface area contributed by atoms with Crippen molar-refractivity contribution in [2.24, 2.45) is 13.0 Å². The van der Waals surface area contributed by atoms with E-state index in [1.165, 1.54) is 6.42 Å². The summed E-state index contributed by atoms with van der Waals surface area (Å²) in [5.41, 5.74) is 1.81. The van der Waals surface area contributed by atoms with Crippen molar-refractivity contribution < 1.29 is 4.79 Å². The summed E-state index contributed by atoms with van der Waals surface area (Å²) in [4.78, 5) is 14.3. The van der Waals surface area contributed by atoms with Crippen LogP contribution < -0.4 is 5.32 Å². The van der Waals surface area contributed by atoms with Crippen LogP contribution in [-0.2, 0) is 11.8 Å². The molecule has 2 aromatic rings. The van der Waals surface area contributed by atoms with E-state index >= 15 is 0 Å². The summed E-state index contributed by atoms with van der Waals surface area (Å²) < 4.78 is 1.62. The minimum absolute atomic E-state index is 0.155. The van der Waals surface area contributed by atoms with Gasteiger partial charge in [-0.3, -0.25) is 4.79 Å². The lowest BCUT2D eigenvalue weighted by atomic mass is 10.0. The monoisotopic (exact) mass is 314 g/mol. The zero-order valence-corrected chi connectivity index (χ0v) is 13.6. The third kappa shape index (κ3) is 3.67. The van der Waals surface area contributed by atoms with Gasteiger partial charge in [-0.25, -0.2) is 4.68 Å². The summed E-state index contributed by atoms with van der Waals surface area (Å²) >= 11 is 0. The Bertz CT molecular complexity index is 683. The average molecular weight is 314 g/mol. The molecule has 23 heavy (non-hydrogen) atoms. The smallest absolute Gasteiger partial charge is 0.241 e. The van der Waals surface area contributed by atoms with Gasteiger partial charge in [-0.2, -0.15) is 0 Å². The summed E-state index contributed by atoms with van der Waals surface area (Å²) in [6.07, 6.45) is 2.31. The van der Waals surface area contributed by atoms with E-state index in [1.54, 1.807) is 11.7 Å². The van der Waals surface area contributed by atoms with Gasteiger partial charge in [0.2, 0.25) is 5.91 Å². The van der Waals surface area contributed by atoms with Crippen LogP contribution in [0.5, 0.6) is 0 Å². The predicted molar refractivity (Wildman–Crippen MR) is 87.7 cm³/mol. The molecule has 0 saturated carbocycles. The fourth-order valence-corrected chi connectivity index (χ4v) is 2.95. The molecule has 1 aliphatic rings. The molecule has 0 bridgehead atoms. The van der Waals surface area contributed by atoms with Crippen molar-refractivity contribution in [3.8, 4) is 11.4 Å². The number of carbonyl (C=O) groups is 1. The number of aryl methyl sites for hydroxylation is 1. The van der Waals surface area contributed by atoms with E-state index in [2.05, 4.69) is 27.8 Å². The number of piperidine rings is 1. The van der Waals surface area contributed by atoms with Gasteiger partial charge in [0.25, 0.3) is 0 Å². The molecule has 122 valence electrons. The van der Waals surface area contributed by atoms with Gasteiger partial charge in [-0.05, 0) is 41.3 Å². The Morgan fingerprint density at radius 3 is 3.04 bits per heavy atom. The van der Waals surface area contributed by atoms with Crippen molar-refractivity contribution in [1.82, 2.24) is 25.1 Å². The largest absolute Gasteiger partial charge is 0.376 e. The summed E-state index contributed by atoms with van der Waals surface area (Å²) in [7, 11) is 1.80. The molecule has 2 heterocycles. The van der Waals surface area contributed by atoms with Crippen LogP contribution in [0.25, 0.3) is 11.4 Å². The van der Waals surface area contributed by atoms with E-state index in [4.69, 9.17) is 0 Å². The molecule has 7 heteroatoms. The fourth-order valence-electron chi connectivity index (χ4n) is 2.95. The lowest BCUT2D eigenvalue weighted by molar-refractivity contribution is -0.130. The SMILES string of the molecule is C[C@H]1CCCN(C(=O)CNc2cccc(-c3nnnn3C)c2)C1. The highest BCUT2D eigenvalue weighted by Gasteiger charge is 2.20. The number of hydrogen-bond acceptors (Lipinski definition) is 5. The van der Waals surface area contributed by atoms with E-state index in [-0.39, 0.29) is 5.91 Å². The molecule has 0 spiro atoms. The second-order valence-corrected chi connectivity index (χ2v) is 6.15. The van der Waals surface area contributed by atoms with Crippen LogP contribution in [0.3, 0.4) is 0 Å². The van der Waals surface area contributed by atoms with Gasteiger partial charge in [0.1, 0.15) is 0 Å². The lowest BCUT2D eigenvalue weighted by Gasteiger charge is -2.31. The van der Waals surface area contributed by atoms with Gasteiger partial charge < -0.3 is 10.2 Å². The number of anilines is 1. The van der Waals surface area contributed by atoms with E-state index in [0.29, 0.717) is 18.3 Å². The molecule has 0 radical (unpaired) electrons. The summed E-state index contributed by atoms with van der Waals surface area (Å²) in [5, 5.41) is 14.7. The Morgan fingerprint density at radius 1 is 1.43 bits per heavy atom. The normalized spacial score (nSPS) is 18.0. The van der Waals surface area contributed by atoms with Gasteiger partial charge in [-0.15, -0.1) is 5.10 Å². The molecular weight excluding hydrogens is 292 g/mol. The molecule has 1 saturated heterocycles. The number of nitrogens with zero attached hydrogens (tertiary/aromatic N) is 5. The highest BCUT2D eigenvalue weighted by Crippen LogP contribution is 2.20. The van der Waals surface area contributed by atoms with Crippen LogP contribution in [0.15, 0.2) is 24.3 Å². The van der Waals surface area contributed by atoms with Gasteiger partial charge in [-0.1, -0.05) is 19.1 Å². The number of carbonyl (C=O) groups excluding carboxylic acids is 1. The minimum atomic E-state index is 0.155. The second-order valence-electron chi connectivity index (χ2n) is 6.15. The predicted octanol–water partition coefficient (Wildman–Crippen LogP) is 1.55. The maximum atomic E-state index is 12.3. The number of likely N-dealkylation sites (tertiary alicyclic amines) is 1. The third-order valence-electron chi connectivity index (χ3n) is 4.19. The Kier molecular flexibility index (Phi) is 4.55. The molecule has 1 aromatic carbocycles. The first-order chi connectivity index (χ1) is 11.1. The molecule has 1 aliphatic heterocycles. The Labute approximate surface area is 135 Å². The number of rotatable bonds is 4. The Morgan fingerprint density at radius 2 is 2.30 bits per heavy atom. The number of hydrogen-bond donors (Lipinski definition) is 1. The van der Waals surface area contributed by atoms with Crippen LogP contribution >= 0.6 is 0 Å². The molecule has 0 aliphatic carbocycles. The van der Waals surface area contributed by atoms with Crippen molar-refractivity contribution in [2.75, 3.05) is 25.0 Å². The molecular formula is C16H22N6O. The molecule has 7 nitrogen and oxygen atoms in total. The molecule has 3 rings (SSSR count). The Hall–Kier alpha value is -2.44. The van der Waals surface area contributed by atoms with Crippen molar-refractivity contribution in [2.45, 2.75) is 19.8 Å². The summed E-state index contributed by atoms with van der Waals surface area (Å²) in [6.45, 7) is 4.25. The fraction of sp³-hybridized carbons (Fsp3) is 0.500. The highest BCUT2D eigenvalue weighted by molar-refractivity contribution is 5.81. The average Bonchev–Trinajstić information content (AvgIpc) is 2.99. The molecule has 1 atom stereocenters. The summed E-state index contributed by atoms with van der Waals surface area (Å²) in [5.74, 6) is 1.45. The maximum Gasteiger partial charge on any atom is 0.241 e. The van der Waals surface area contributed by atoms with E-state index in [0.717, 1.165) is 30.8 Å². The zero-order valence-electron chi connectivity index (χ0n) is 13.6. The van der Waals surface area contributed by atoms with Crippen molar-refractivity contribution in [3.63, 3.8) is 0 Å². The standard InChI is InChI=1S/C16H22N6O/c1-12-5-4-8-22(11-12)15(23)10-17-14-7-3-6-13(9-14)16-18-19-20-21(16)2/h3,6-7,9,12,17H,4-5,8,10-11H2,1-2H3/t12-/m0/s1. The quantitative estimate of drug-likeness (QED) is 0.926. The molecule has 1 amide bonds. The summed E-state index contributed by atoms with van der Waals surface area (Å²) in [6, 6.07) is 7.78. The van der Waals surface area contributed by atoms with Gasteiger partial charge in [0, 0.05) is 31.4 Å². The lowest BCUT2D eigenvalue weighted by Crippen LogP contribution is -2.41. The van der Waals surface area contributed by atoms with Gasteiger partial charge in [0.15, 0.2) is 5.82 Å². The van der Waals surface area contributed by atoms with Crippen molar-refractivity contribution in [3.05, 3.63) is 24.3 Å². The van der Waals surface area contributed by atoms with E-state index < -0.39 is 0 Å². The van der Waals surface area contributed by atoms with Gasteiger partial charge in [0.05, 0.1) is 6.54 Å². The van der Waals surface area contributed by atoms with Gasteiger partial charge >= 0.3 is 0 Å². The highest BCUT2D eigenvalue weighted by atomic mass is 16.2. The third-order valence-corrected chi connectivity index (χ3v) is 4.19. The zero-order chi connectivity index (χ0) is 16.2. The minimum Gasteiger partial charge on any atom is -0.376 e. The first-order valence-corrected chi connectivity index (χ1v) is 7.98. The van der Waals surface area contributed by atoms with Crippen LogP contribution in [0, 0.1) is 5.92 Å². The van der Waals surface area contributed by atoms with Crippen molar-refractivity contribution >= 4 is 11.6 Å². The number of nitrogens with one attached hydrogen (secondary N) is 1. The Balaban J connectivity index is 1.62. The van der Waals surface area contributed by atoms with Crippen LogP contribution in [0.4, 0.5) is 5.69 Å². The van der Waals surface area contributed by atoms with Crippen LogP contribution in [-0.4, -0.2) is 50.6 Å². The topological polar surface area (TPSA) is 75.9 Å². The number of benzene rings is 1. The molecule has 1 aromatic heterocycles. The molecule has 1 fully saturated rings. The van der Waals surface area contributed by atoms with E-state index in [1.807, 2.05) is 29.2 Å². The van der Waals surface area contributed by atoms with Crippen LogP contribution in [0.1, 0.15) is 19.8 Å². The number of aromatic nitrogens is 4. The molecule has 1 N–H and O–H groups in total. The first kappa shape index (κ1) is 15.5. The van der Waals surface area contributed by atoms with Crippen LogP contribution in [0.2, 0.25) is 0 Å². The number of tetrazole rings is 1. The van der Waals surface area contributed by atoms with Crippen molar-refractivity contribution in [1.29, 1.82) is 0 Å². The van der Waals surface area contributed by atoms with E-state index in [9.17, 15) is 4.79 Å². The number of amides is 1.